The topological polar surface area (TPSA) is 77.7 Å². The van der Waals surface area contributed by atoms with Crippen molar-refractivity contribution < 1.29 is 18.7 Å². The summed E-state index contributed by atoms with van der Waals surface area (Å²) in [4.78, 5) is 15.6. The molecule has 1 aliphatic rings. The van der Waals surface area contributed by atoms with Gasteiger partial charge in [-0.15, -0.1) is 21.5 Å². The molecule has 1 aromatic carbocycles. The number of anilines is 1. The Morgan fingerprint density at radius 1 is 1.21 bits per heavy atom. The van der Waals surface area contributed by atoms with Gasteiger partial charge in [0.2, 0.25) is 5.89 Å². The lowest BCUT2D eigenvalue weighted by atomic mass is 10.1. The van der Waals surface area contributed by atoms with E-state index in [0.29, 0.717) is 29.9 Å². The smallest absolute Gasteiger partial charge is 0.349 e. The Bertz CT molecular complexity index is 948. The molecular weight excluding hydrogens is 378 g/mol. The van der Waals surface area contributed by atoms with Gasteiger partial charge in [-0.1, -0.05) is 30.3 Å². The van der Waals surface area contributed by atoms with E-state index in [1.54, 1.807) is 13.8 Å². The second kappa shape index (κ2) is 8.12. The first-order valence-corrected chi connectivity index (χ1v) is 9.96. The maximum Gasteiger partial charge on any atom is 0.349 e. The lowest BCUT2D eigenvalue weighted by Gasteiger charge is -2.28. The molecule has 146 valence electrons. The molecule has 1 fully saturated rings. The van der Waals surface area contributed by atoms with Crippen molar-refractivity contribution in [1.29, 1.82) is 0 Å². The minimum absolute atomic E-state index is 0.291. The number of aryl methyl sites for hydroxylation is 1. The average molecular weight is 399 g/mol. The van der Waals surface area contributed by atoms with E-state index >= 15 is 0 Å². The van der Waals surface area contributed by atoms with Crippen molar-refractivity contribution >= 4 is 22.3 Å². The van der Waals surface area contributed by atoms with Crippen LogP contribution in [0, 0.1) is 6.92 Å². The van der Waals surface area contributed by atoms with Crippen LogP contribution in [0.25, 0.3) is 11.1 Å². The zero-order valence-electron chi connectivity index (χ0n) is 15.8. The summed E-state index contributed by atoms with van der Waals surface area (Å²) < 4.78 is 16.4. The summed E-state index contributed by atoms with van der Waals surface area (Å²) in [5.74, 6) is 0.333. The Hall–Kier alpha value is -2.71. The van der Waals surface area contributed by atoms with Crippen molar-refractivity contribution in [1.82, 2.24) is 10.2 Å². The van der Waals surface area contributed by atoms with Crippen molar-refractivity contribution in [2.24, 2.45) is 0 Å². The number of benzene rings is 1. The standard InChI is InChI=1S/C20H21N3O4S/c1-13(18-22-21-14(2)27-18)26-20(24)17-12-16(15-6-4-3-5-7-15)19(28-17)23-8-10-25-11-9-23/h3-7,12-13H,8-11H2,1-2H3. The number of nitrogens with zero attached hydrogens (tertiary/aromatic N) is 3. The van der Waals surface area contributed by atoms with Gasteiger partial charge in [-0.3, -0.25) is 0 Å². The van der Waals surface area contributed by atoms with E-state index in [9.17, 15) is 4.79 Å². The van der Waals surface area contributed by atoms with Gasteiger partial charge in [0.25, 0.3) is 5.89 Å². The van der Waals surface area contributed by atoms with Crippen LogP contribution in [0.1, 0.15) is 34.5 Å². The summed E-state index contributed by atoms with van der Waals surface area (Å²) in [7, 11) is 0. The molecule has 1 atom stereocenters. The van der Waals surface area contributed by atoms with Crippen molar-refractivity contribution in [2.45, 2.75) is 20.0 Å². The zero-order chi connectivity index (χ0) is 19.5. The average Bonchev–Trinajstić information content (AvgIpc) is 3.36. The first-order chi connectivity index (χ1) is 13.6. The van der Waals surface area contributed by atoms with Gasteiger partial charge in [-0.25, -0.2) is 4.79 Å². The van der Waals surface area contributed by atoms with E-state index < -0.39 is 12.1 Å². The molecule has 1 saturated heterocycles. The highest BCUT2D eigenvalue weighted by molar-refractivity contribution is 7.18. The lowest BCUT2D eigenvalue weighted by molar-refractivity contribution is 0.0282. The number of carbonyl (C=O) groups excluding carboxylic acids is 1. The predicted molar refractivity (Wildman–Crippen MR) is 106 cm³/mol. The number of esters is 1. The molecule has 0 radical (unpaired) electrons. The number of rotatable bonds is 5. The lowest BCUT2D eigenvalue weighted by Crippen LogP contribution is -2.35. The highest BCUT2D eigenvalue weighted by Crippen LogP contribution is 2.40. The van der Waals surface area contributed by atoms with Gasteiger partial charge in [0.15, 0.2) is 6.10 Å². The van der Waals surface area contributed by atoms with Gasteiger partial charge < -0.3 is 18.8 Å². The summed E-state index contributed by atoms with van der Waals surface area (Å²) in [5, 5.41) is 8.76. The second-order valence-corrected chi connectivity index (χ2v) is 7.53. The van der Waals surface area contributed by atoms with Gasteiger partial charge in [-0.2, -0.15) is 0 Å². The predicted octanol–water partition coefficient (Wildman–Crippen LogP) is 3.86. The third-order valence-electron chi connectivity index (χ3n) is 4.47. The number of hydrogen-bond acceptors (Lipinski definition) is 8. The van der Waals surface area contributed by atoms with Crippen molar-refractivity contribution in [3.05, 3.63) is 53.1 Å². The van der Waals surface area contributed by atoms with Crippen LogP contribution in [-0.4, -0.2) is 42.5 Å². The van der Waals surface area contributed by atoms with Crippen LogP contribution < -0.4 is 4.90 Å². The maximum atomic E-state index is 12.8. The van der Waals surface area contributed by atoms with Crippen molar-refractivity contribution in [3.63, 3.8) is 0 Å². The van der Waals surface area contributed by atoms with Gasteiger partial charge in [0.05, 0.1) is 18.2 Å². The Morgan fingerprint density at radius 2 is 1.96 bits per heavy atom. The number of aromatic nitrogens is 2. The summed E-state index contributed by atoms with van der Waals surface area (Å²) in [6, 6.07) is 12.0. The third-order valence-corrected chi connectivity index (χ3v) is 5.65. The molecule has 0 N–H and O–H groups in total. The van der Waals surface area contributed by atoms with Crippen LogP contribution in [0.5, 0.6) is 0 Å². The Balaban J connectivity index is 1.61. The number of morpholine rings is 1. The Labute approximate surface area is 166 Å². The maximum absolute atomic E-state index is 12.8. The Kier molecular flexibility index (Phi) is 5.40. The fraction of sp³-hybridized carbons (Fsp3) is 0.350. The van der Waals surface area contributed by atoms with Crippen LogP contribution in [0.3, 0.4) is 0 Å². The SMILES string of the molecule is Cc1nnc(C(C)OC(=O)c2cc(-c3ccccc3)c(N3CCOCC3)s2)o1. The van der Waals surface area contributed by atoms with Crippen LogP contribution in [0.2, 0.25) is 0 Å². The molecule has 3 heterocycles. The zero-order valence-corrected chi connectivity index (χ0v) is 16.6. The molecule has 7 nitrogen and oxygen atoms in total. The first-order valence-electron chi connectivity index (χ1n) is 9.15. The van der Waals surface area contributed by atoms with Crippen LogP contribution in [0.15, 0.2) is 40.8 Å². The van der Waals surface area contributed by atoms with E-state index in [1.807, 2.05) is 36.4 Å². The quantitative estimate of drug-likeness (QED) is 0.603. The van der Waals surface area contributed by atoms with Gasteiger partial charge in [0, 0.05) is 25.6 Å². The molecule has 0 amide bonds. The minimum Gasteiger partial charge on any atom is -0.448 e. The summed E-state index contributed by atoms with van der Waals surface area (Å²) in [6.45, 7) is 6.38. The van der Waals surface area contributed by atoms with E-state index in [1.165, 1.54) is 11.3 Å². The number of carbonyl (C=O) groups is 1. The molecule has 0 aliphatic carbocycles. The summed E-state index contributed by atoms with van der Waals surface area (Å²) in [5.41, 5.74) is 2.10. The summed E-state index contributed by atoms with van der Waals surface area (Å²) in [6.07, 6.45) is -0.609. The summed E-state index contributed by atoms with van der Waals surface area (Å²) >= 11 is 1.44. The van der Waals surface area contributed by atoms with Gasteiger partial charge in [-0.05, 0) is 18.6 Å². The molecule has 3 aromatic rings. The number of ether oxygens (including phenoxy) is 2. The third kappa shape index (κ3) is 3.93. The largest absolute Gasteiger partial charge is 0.448 e. The molecule has 1 unspecified atom stereocenters. The molecule has 28 heavy (non-hydrogen) atoms. The fourth-order valence-electron chi connectivity index (χ4n) is 3.05. The Morgan fingerprint density at radius 3 is 2.64 bits per heavy atom. The van der Waals surface area contributed by atoms with Crippen molar-refractivity contribution in [3.8, 4) is 11.1 Å². The van der Waals surface area contributed by atoms with Crippen LogP contribution >= 0.6 is 11.3 Å². The molecule has 2 aromatic heterocycles. The van der Waals surface area contributed by atoms with E-state index in [0.717, 1.165) is 29.2 Å². The minimum atomic E-state index is -0.609. The van der Waals surface area contributed by atoms with E-state index in [2.05, 4.69) is 15.1 Å². The molecule has 4 rings (SSSR count). The fourth-order valence-corrected chi connectivity index (χ4v) is 4.17. The van der Waals surface area contributed by atoms with Crippen molar-refractivity contribution in [2.75, 3.05) is 31.2 Å². The van der Waals surface area contributed by atoms with Crippen LogP contribution in [-0.2, 0) is 9.47 Å². The molecule has 0 spiro atoms. The van der Waals surface area contributed by atoms with E-state index in [4.69, 9.17) is 13.9 Å². The number of hydrogen-bond donors (Lipinski definition) is 0. The van der Waals surface area contributed by atoms with Gasteiger partial charge >= 0.3 is 5.97 Å². The molecule has 8 heteroatoms. The highest BCUT2D eigenvalue weighted by atomic mass is 32.1. The number of thiophene rings is 1. The van der Waals surface area contributed by atoms with E-state index in [-0.39, 0.29) is 0 Å². The highest BCUT2D eigenvalue weighted by Gasteiger charge is 2.25. The normalized spacial score (nSPS) is 15.4. The molecule has 0 saturated carbocycles. The monoisotopic (exact) mass is 399 g/mol. The van der Waals surface area contributed by atoms with Gasteiger partial charge in [0.1, 0.15) is 4.88 Å². The first kappa shape index (κ1) is 18.6. The molecule has 0 bridgehead atoms. The van der Waals surface area contributed by atoms with Crippen LogP contribution in [0.4, 0.5) is 5.00 Å². The molecular formula is C20H21N3O4S. The molecule has 1 aliphatic heterocycles. The second-order valence-electron chi connectivity index (χ2n) is 6.50.